The van der Waals surface area contributed by atoms with Crippen molar-refractivity contribution in [2.45, 2.75) is 38.6 Å². The van der Waals surface area contributed by atoms with Crippen LogP contribution in [-0.4, -0.2) is 24.4 Å². The average Bonchev–Trinajstić information content (AvgIpc) is 2.85. The molecule has 2 rings (SSSR count). The molecule has 4 N–H and O–H groups in total. The first-order chi connectivity index (χ1) is 10.5. The molecule has 23 heavy (non-hydrogen) atoms. The van der Waals surface area contributed by atoms with Crippen molar-refractivity contribution in [3.8, 4) is 0 Å². The number of anilines is 1. The number of benzene rings is 1. The third-order valence-electron chi connectivity index (χ3n) is 4.01. The summed E-state index contributed by atoms with van der Waals surface area (Å²) in [6, 6.07) is 5.49. The molecule has 2 atom stereocenters. The number of aryl methyl sites for hydroxylation is 1. The Bertz CT molecular complexity index is 566. The van der Waals surface area contributed by atoms with Gasteiger partial charge in [-0.25, -0.2) is 0 Å². The molecule has 1 fully saturated rings. The molecule has 1 aliphatic rings. The molecule has 0 spiro atoms. The highest BCUT2D eigenvalue weighted by atomic mass is 35.5. The summed E-state index contributed by atoms with van der Waals surface area (Å²) in [5.74, 6) is -0.197. The van der Waals surface area contributed by atoms with E-state index in [4.69, 9.17) is 17.3 Å². The van der Waals surface area contributed by atoms with E-state index in [2.05, 4.69) is 10.6 Å². The maximum absolute atomic E-state index is 11.8. The lowest BCUT2D eigenvalue weighted by Gasteiger charge is -2.14. The van der Waals surface area contributed by atoms with E-state index in [0.717, 1.165) is 24.8 Å². The third kappa shape index (κ3) is 6.01. The number of hydrogen-bond acceptors (Lipinski definition) is 3. The van der Waals surface area contributed by atoms with Crippen molar-refractivity contribution in [3.05, 3.63) is 28.8 Å². The Kier molecular flexibility index (Phi) is 7.82. The monoisotopic (exact) mass is 359 g/mol. The van der Waals surface area contributed by atoms with Crippen molar-refractivity contribution in [2.75, 3.05) is 11.9 Å². The van der Waals surface area contributed by atoms with Gasteiger partial charge in [-0.2, -0.15) is 0 Å². The zero-order chi connectivity index (χ0) is 16.1. The van der Waals surface area contributed by atoms with E-state index in [-0.39, 0.29) is 42.7 Å². The molecular weight excluding hydrogens is 337 g/mol. The number of amides is 2. The smallest absolute Gasteiger partial charge is 0.243 e. The van der Waals surface area contributed by atoms with Crippen LogP contribution < -0.4 is 16.4 Å². The highest BCUT2D eigenvalue weighted by Gasteiger charge is 2.26. The van der Waals surface area contributed by atoms with Gasteiger partial charge in [-0.3, -0.25) is 9.59 Å². The lowest BCUT2D eigenvalue weighted by atomic mass is 10.00. The first-order valence-corrected chi connectivity index (χ1v) is 7.92. The molecule has 2 amide bonds. The van der Waals surface area contributed by atoms with Gasteiger partial charge in [-0.05, 0) is 43.4 Å². The number of nitrogens with two attached hydrogens (primary N) is 1. The summed E-state index contributed by atoms with van der Waals surface area (Å²) in [5.41, 5.74) is 7.50. The molecule has 1 aliphatic carbocycles. The van der Waals surface area contributed by atoms with Gasteiger partial charge in [0.05, 0.1) is 17.3 Å². The van der Waals surface area contributed by atoms with E-state index < -0.39 is 0 Å². The standard InChI is InChI=1S/C16H22ClN3O2.ClH/c1-10-5-6-14(12(17)7-10)20-16(22)9-19-15(21)8-11-3-2-4-13(11)18;/h5-7,11,13H,2-4,8-9,18H2,1H3,(H,19,21)(H,20,22);1H/t11-,13+;/m0./s1. The summed E-state index contributed by atoms with van der Waals surface area (Å²) in [5, 5.41) is 5.80. The summed E-state index contributed by atoms with van der Waals surface area (Å²) < 4.78 is 0. The quantitative estimate of drug-likeness (QED) is 0.755. The molecule has 0 unspecified atom stereocenters. The zero-order valence-corrected chi connectivity index (χ0v) is 14.7. The van der Waals surface area contributed by atoms with Crippen LogP contribution in [0.2, 0.25) is 5.02 Å². The number of rotatable bonds is 5. The van der Waals surface area contributed by atoms with Crippen molar-refractivity contribution in [3.63, 3.8) is 0 Å². The molecule has 0 aliphatic heterocycles. The van der Waals surface area contributed by atoms with Crippen LogP contribution in [0.5, 0.6) is 0 Å². The van der Waals surface area contributed by atoms with Gasteiger partial charge in [0.25, 0.3) is 0 Å². The minimum absolute atomic E-state index is 0. The predicted molar refractivity (Wildman–Crippen MR) is 95.0 cm³/mol. The van der Waals surface area contributed by atoms with Crippen LogP contribution in [0.3, 0.4) is 0 Å². The summed E-state index contributed by atoms with van der Waals surface area (Å²) in [7, 11) is 0. The Morgan fingerprint density at radius 1 is 1.30 bits per heavy atom. The Morgan fingerprint density at radius 2 is 2.04 bits per heavy atom. The number of hydrogen-bond donors (Lipinski definition) is 3. The molecule has 128 valence electrons. The van der Waals surface area contributed by atoms with Crippen LogP contribution in [0.1, 0.15) is 31.2 Å². The zero-order valence-electron chi connectivity index (χ0n) is 13.1. The third-order valence-corrected chi connectivity index (χ3v) is 4.32. The Morgan fingerprint density at radius 3 is 2.65 bits per heavy atom. The van der Waals surface area contributed by atoms with Crippen LogP contribution in [0.4, 0.5) is 5.69 Å². The van der Waals surface area contributed by atoms with Crippen LogP contribution >= 0.6 is 24.0 Å². The molecule has 0 bridgehead atoms. The van der Waals surface area contributed by atoms with Gasteiger partial charge in [0.1, 0.15) is 0 Å². The van der Waals surface area contributed by atoms with Gasteiger partial charge in [0.2, 0.25) is 11.8 Å². The Labute approximate surface area is 147 Å². The molecule has 0 heterocycles. The second-order valence-electron chi connectivity index (χ2n) is 5.87. The molecule has 5 nitrogen and oxygen atoms in total. The number of halogens is 2. The van der Waals surface area contributed by atoms with Gasteiger partial charge < -0.3 is 16.4 Å². The molecule has 0 saturated heterocycles. The van der Waals surface area contributed by atoms with Crippen molar-refractivity contribution in [2.24, 2.45) is 11.7 Å². The van der Waals surface area contributed by atoms with Gasteiger partial charge in [-0.1, -0.05) is 24.1 Å². The Balaban J connectivity index is 0.00000264. The minimum Gasteiger partial charge on any atom is -0.347 e. The minimum atomic E-state index is -0.296. The van der Waals surface area contributed by atoms with Crippen LogP contribution in [0.25, 0.3) is 0 Å². The first kappa shape index (κ1) is 19.7. The van der Waals surface area contributed by atoms with Gasteiger partial charge >= 0.3 is 0 Å². The molecule has 1 aromatic carbocycles. The predicted octanol–water partition coefficient (Wildman–Crippen LogP) is 2.64. The number of nitrogens with one attached hydrogen (secondary N) is 2. The van der Waals surface area contributed by atoms with E-state index >= 15 is 0 Å². The second-order valence-corrected chi connectivity index (χ2v) is 6.27. The van der Waals surface area contributed by atoms with Crippen LogP contribution in [0, 0.1) is 12.8 Å². The van der Waals surface area contributed by atoms with E-state index in [0.29, 0.717) is 17.1 Å². The summed E-state index contributed by atoms with van der Waals surface area (Å²) >= 11 is 6.05. The number of carbonyl (C=O) groups is 2. The topological polar surface area (TPSA) is 84.2 Å². The van der Waals surface area contributed by atoms with Gasteiger partial charge in [0, 0.05) is 12.5 Å². The molecule has 7 heteroatoms. The fourth-order valence-electron chi connectivity index (χ4n) is 2.72. The fraction of sp³-hybridized carbons (Fsp3) is 0.500. The van der Waals surface area contributed by atoms with Gasteiger partial charge in [0.15, 0.2) is 0 Å². The summed E-state index contributed by atoms with van der Waals surface area (Å²) in [6.07, 6.45) is 3.43. The van der Waals surface area contributed by atoms with Crippen molar-refractivity contribution >= 4 is 41.5 Å². The highest BCUT2D eigenvalue weighted by Crippen LogP contribution is 2.26. The largest absolute Gasteiger partial charge is 0.347 e. The molecule has 0 radical (unpaired) electrons. The molecule has 0 aromatic heterocycles. The van der Waals surface area contributed by atoms with Crippen LogP contribution in [0.15, 0.2) is 18.2 Å². The van der Waals surface area contributed by atoms with Gasteiger partial charge in [-0.15, -0.1) is 12.4 Å². The number of carbonyl (C=O) groups excluding carboxylic acids is 2. The SMILES string of the molecule is Cc1ccc(NC(=O)CNC(=O)C[C@@H]2CCC[C@H]2N)c(Cl)c1.Cl. The normalized spacial score (nSPS) is 19.8. The van der Waals surface area contributed by atoms with E-state index in [1.165, 1.54) is 0 Å². The van der Waals surface area contributed by atoms with Crippen LogP contribution in [-0.2, 0) is 9.59 Å². The maximum atomic E-state index is 11.8. The molecule has 1 saturated carbocycles. The Hall–Kier alpha value is -1.30. The summed E-state index contributed by atoms with van der Waals surface area (Å²) in [6.45, 7) is 1.86. The van der Waals surface area contributed by atoms with E-state index in [1.807, 2.05) is 13.0 Å². The fourth-order valence-corrected chi connectivity index (χ4v) is 3.01. The van der Waals surface area contributed by atoms with Crippen molar-refractivity contribution in [1.82, 2.24) is 5.32 Å². The molecule has 1 aromatic rings. The lowest BCUT2D eigenvalue weighted by molar-refractivity contribution is -0.124. The lowest BCUT2D eigenvalue weighted by Crippen LogP contribution is -2.36. The van der Waals surface area contributed by atoms with Crippen molar-refractivity contribution in [1.29, 1.82) is 0 Å². The maximum Gasteiger partial charge on any atom is 0.243 e. The summed E-state index contributed by atoms with van der Waals surface area (Å²) in [4.78, 5) is 23.7. The highest BCUT2D eigenvalue weighted by molar-refractivity contribution is 6.33. The average molecular weight is 360 g/mol. The molecular formula is C16H23Cl2N3O2. The van der Waals surface area contributed by atoms with Crippen molar-refractivity contribution < 1.29 is 9.59 Å². The van der Waals surface area contributed by atoms with E-state index in [1.54, 1.807) is 12.1 Å². The first-order valence-electron chi connectivity index (χ1n) is 7.54. The second kappa shape index (κ2) is 9.11. The van der Waals surface area contributed by atoms with E-state index in [9.17, 15) is 9.59 Å².